The molecule has 16 heavy (non-hydrogen) atoms. The summed E-state index contributed by atoms with van der Waals surface area (Å²) in [5.41, 5.74) is 0.0182. The van der Waals surface area contributed by atoms with Gasteiger partial charge in [0.25, 0.3) is 0 Å². The van der Waals surface area contributed by atoms with E-state index in [1.54, 1.807) is 0 Å². The Morgan fingerprint density at radius 2 is 1.94 bits per heavy atom. The molecule has 2 heteroatoms. The lowest BCUT2D eigenvalue weighted by Crippen LogP contribution is -2.31. The highest BCUT2D eigenvalue weighted by Crippen LogP contribution is 2.33. The summed E-state index contributed by atoms with van der Waals surface area (Å²) in [5, 5.41) is 0. The highest BCUT2D eigenvalue weighted by atomic mass is 16.5. The van der Waals surface area contributed by atoms with Gasteiger partial charge in [-0.2, -0.15) is 0 Å². The van der Waals surface area contributed by atoms with Crippen LogP contribution in [0.4, 0.5) is 0 Å². The van der Waals surface area contributed by atoms with Gasteiger partial charge in [-0.05, 0) is 52.9 Å². The van der Waals surface area contributed by atoms with E-state index in [1.807, 2.05) is 7.11 Å². The van der Waals surface area contributed by atoms with Crippen LogP contribution in [0, 0.1) is 5.92 Å². The Labute approximate surface area is 101 Å². The molecule has 0 amide bonds. The van der Waals surface area contributed by atoms with E-state index in [0.717, 1.165) is 12.3 Å². The zero-order chi connectivity index (χ0) is 12.2. The second kappa shape index (κ2) is 6.02. The van der Waals surface area contributed by atoms with Crippen molar-refractivity contribution in [3.05, 3.63) is 0 Å². The SMILES string of the molecule is COC(C)(C)CC1CCCC(OC(C)C)C1. The van der Waals surface area contributed by atoms with Gasteiger partial charge in [0, 0.05) is 7.11 Å². The normalized spacial score (nSPS) is 27.4. The third kappa shape index (κ3) is 4.84. The highest BCUT2D eigenvalue weighted by Gasteiger charge is 2.28. The molecule has 0 aliphatic heterocycles. The third-order valence-corrected chi connectivity index (χ3v) is 3.53. The molecule has 2 unspecified atom stereocenters. The highest BCUT2D eigenvalue weighted by molar-refractivity contribution is 4.80. The van der Waals surface area contributed by atoms with Crippen molar-refractivity contribution in [2.45, 2.75) is 77.6 Å². The Morgan fingerprint density at radius 1 is 1.25 bits per heavy atom. The molecule has 0 aromatic carbocycles. The Morgan fingerprint density at radius 3 is 2.50 bits per heavy atom. The molecule has 0 saturated heterocycles. The lowest BCUT2D eigenvalue weighted by molar-refractivity contribution is -0.0452. The van der Waals surface area contributed by atoms with Gasteiger partial charge < -0.3 is 9.47 Å². The number of hydrogen-bond acceptors (Lipinski definition) is 2. The summed E-state index contributed by atoms with van der Waals surface area (Å²) in [7, 11) is 1.81. The van der Waals surface area contributed by atoms with E-state index in [0.29, 0.717) is 12.2 Å². The van der Waals surface area contributed by atoms with Crippen LogP contribution in [0.5, 0.6) is 0 Å². The Hall–Kier alpha value is -0.0800. The summed E-state index contributed by atoms with van der Waals surface area (Å²) in [6, 6.07) is 0. The molecule has 0 radical (unpaired) electrons. The van der Waals surface area contributed by atoms with Gasteiger partial charge in [-0.3, -0.25) is 0 Å². The number of ether oxygens (including phenoxy) is 2. The maximum Gasteiger partial charge on any atom is 0.0625 e. The maximum atomic E-state index is 5.93. The molecule has 0 spiro atoms. The second-order valence-electron chi connectivity index (χ2n) is 6.01. The maximum absolute atomic E-state index is 5.93. The Balaban J connectivity index is 2.38. The van der Waals surface area contributed by atoms with E-state index in [-0.39, 0.29) is 5.60 Å². The van der Waals surface area contributed by atoms with Crippen molar-refractivity contribution in [3.63, 3.8) is 0 Å². The van der Waals surface area contributed by atoms with Gasteiger partial charge in [0.15, 0.2) is 0 Å². The van der Waals surface area contributed by atoms with Crippen LogP contribution in [0.15, 0.2) is 0 Å². The summed E-state index contributed by atoms with van der Waals surface area (Å²) in [6.45, 7) is 8.62. The van der Waals surface area contributed by atoms with Gasteiger partial charge in [0.2, 0.25) is 0 Å². The molecule has 1 saturated carbocycles. The Kier molecular flexibility index (Phi) is 5.26. The molecule has 1 aliphatic rings. The first kappa shape index (κ1) is 14.0. The summed E-state index contributed by atoms with van der Waals surface area (Å²) in [4.78, 5) is 0. The lowest BCUT2D eigenvalue weighted by Gasteiger charge is -2.34. The van der Waals surface area contributed by atoms with Crippen molar-refractivity contribution in [2.75, 3.05) is 7.11 Å². The van der Waals surface area contributed by atoms with Crippen LogP contribution >= 0.6 is 0 Å². The number of methoxy groups -OCH3 is 1. The molecular formula is C14H28O2. The molecule has 0 heterocycles. The van der Waals surface area contributed by atoms with Crippen LogP contribution < -0.4 is 0 Å². The minimum Gasteiger partial charge on any atom is -0.379 e. The number of rotatable bonds is 5. The molecule has 0 aromatic rings. The average molecular weight is 228 g/mol. The molecule has 2 nitrogen and oxygen atoms in total. The van der Waals surface area contributed by atoms with Gasteiger partial charge in [-0.1, -0.05) is 12.8 Å². The first-order chi connectivity index (χ1) is 7.43. The molecule has 0 bridgehead atoms. The minimum atomic E-state index is 0.0182. The minimum absolute atomic E-state index is 0.0182. The fourth-order valence-corrected chi connectivity index (χ4v) is 2.71. The van der Waals surface area contributed by atoms with Crippen LogP contribution in [-0.4, -0.2) is 24.9 Å². The van der Waals surface area contributed by atoms with Crippen LogP contribution in [0.25, 0.3) is 0 Å². The molecule has 1 aliphatic carbocycles. The van der Waals surface area contributed by atoms with Crippen LogP contribution in [0.1, 0.15) is 59.8 Å². The van der Waals surface area contributed by atoms with E-state index in [4.69, 9.17) is 9.47 Å². The standard InChI is InChI=1S/C14H28O2/c1-11(2)16-13-8-6-7-12(9-13)10-14(3,4)15-5/h11-13H,6-10H2,1-5H3. The van der Waals surface area contributed by atoms with Crippen LogP contribution in [-0.2, 0) is 9.47 Å². The fourth-order valence-electron chi connectivity index (χ4n) is 2.71. The molecule has 2 atom stereocenters. The predicted molar refractivity (Wildman–Crippen MR) is 67.7 cm³/mol. The van der Waals surface area contributed by atoms with E-state index in [9.17, 15) is 0 Å². The van der Waals surface area contributed by atoms with Gasteiger partial charge >= 0.3 is 0 Å². The molecular weight excluding hydrogens is 200 g/mol. The van der Waals surface area contributed by atoms with E-state index >= 15 is 0 Å². The largest absolute Gasteiger partial charge is 0.379 e. The van der Waals surface area contributed by atoms with Crippen molar-refractivity contribution < 1.29 is 9.47 Å². The zero-order valence-electron chi connectivity index (χ0n) is 11.6. The topological polar surface area (TPSA) is 18.5 Å². The first-order valence-corrected chi connectivity index (χ1v) is 6.63. The Bertz CT molecular complexity index is 199. The van der Waals surface area contributed by atoms with E-state index in [1.165, 1.54) is 25.7 Å². The lowest BCUT2D eigenvalue weighted by atomic mass is 9.80. The second-order valence-corrected chi connectivity index (χ2v) is 6.01. The summed E-state index contributed by atoms with van der Waals surface area (Å²) in [6.07, 6.45) is 7.09. The monoisotopic (exact) mass is 228 g/mol. The summed E-state index contributed by atoms with van der Waals surface area (Å²) in [5.74, 6) is 0.771. The van der Waals surface area contributed by atoms with Crippen LogP contribution in [0.3, 0.4) is 0 Å². The molecule has 0 aromatic heterocycles. The van der Waals surface area contributed by atoms with Crippen molar-refractivity contribution in [3.8, 4) is 0 Å². The van der Waals surface area contributed by atoms with Crippen molar-refractivity contribution in [2.24, 2.45) is 5.92 Å². The summed E-state index contributed by atoms with van der Waals surface area (Å²) < 4.78 is 11.4. The molecule has 1 rings (SSSR count). The molecule has 0 N–H and O–H groups in total. The number of hydrogen-bond donors (Lipinski definition) is 0. The van der Waals surface area contributed by atoms with Gasteiger partial charge in [-0.15, -0.1) is 0 Å². The first-order valence-electron chi connectivity index (χ1n) is 6.63. The predicted octanol–water partition coefficient (Wildman–Crippen LogP) is 3.79. The molecule has 1 fully saturated rings. The van der Waals surface area contributed by atoms with Gasteiger partial charge in [0.1, 0.15) is 0 Å². The zero-order valence-corrected chi connectivity index (χ0v) is 11.6. The van der Waals surface area contributed by atoms with Crippen LogP contribution in [0.2, 0.25) is 0 Å². The van der Waals surface area contributed by atoms with Crippen molar-refractivity contribution >= 4 is 0 Å². The van der Waals surface area contributed by atoms with Crippen molar-refractivity contribution in [1.29, 1.82) is 0 Å². The van der Waals surface area contributed by atoms with E-state index in [2.05, 4.69) is 27.7 Å². The van der Waals surface area contributed by atoms with Gasteiger partial charge in [0.05, 0.1) is 17.8 Å². The summed E-state index contributed by atoms with van der Waals surface area (Å²) >= 11 is 0. The van der Waals surface area contributed by atoms with E-state index < -0.39 is 0 Å². The fraction of sp³-hybridized carbons (Fsp3) is 1.00. The van der Waals surface area contributed by atoms with Gasteiger partial charge in [-0.25, -0.2) is 0 Å². The smallest absolute Gasteiger partial charge is 0.0625 e. The van der Waals surface area contributed by atoms with Crippen molar-refractivity contribution in [1.82, 2.24) is 0 Å². The average Bonchev–Trinajstić information content (AvgIpc) is 2.16. The third-order valence-electron chi connectivity index (χ3n) is 3.53. The quantitative estimate of drug-likeness (QED) is 0.713. The molecule has 96 valence electrons.